The van der Waals surface area contributed by atoms with E-state index in [1.54, 1.807) is 12.1 Å². The van der Waals surface area contributed by atoms with E-state index >= 15 is 0 Å². The molecule has 0 fully saturated rings. The van der Waals surface area contributed by atoms with Gasteiger partial charge in [-0.15, -0.1) is 0 Å². The molecule has 0 spiro atoms. The first-order valence-electron chi connectivity index (χ1n) is 8.64. The van der Waals surface area contributed by atoms with Crippen LogP contribution in [0.4, 0.5) is 4.79 Å². The smallest absolute Gasteiger partial charge is 0.407 e. The van der Waals surface area contributed by atoms with Crippen LogP contribution in [0.3, 0.4) is 0 Å². The summed E-state index contributed by atoms with van der Waals surface area (Å²) in [5, 5.41) is 26.0. The molecule has 0 heterocycles. The molecule has 6 heteroatoms. The largest absolute Gasteiger partial charge is 0.445 e. The maximum Gasteiger partial charge on any atom is 0.407 e. The number of benzene rings is 2. The maximum atomic E-state index is 11.7. The van der Waals surface area contributed by atoms with Gasteiger partial charge in [-0.1, -0.05) is 54.6 Å². The first-order chi connectivity index (χ1) is 12.6. The molecule has 0 aliphatic rings. The lowest BCUT2D eigenvalue weighted by atomic mass is 10.0. The van der Waals surface area contributed by atoms with Gasteiger partial charge in [-0.25, -0.2) is 4.79 Å². The summed E-state index contributed by atoms with van der Waals surface area (Å²) in [6, 6.07) is 16.8. The molecule has 4 N–H and O–H groups in total. The Kier molecular flexibility index (Phi) is 8.08. The van der Waals surface area contributed by atoms with Crippen molar-refractivity contribution >= 4 is 6.09 Å². The number of rotatable bonds is 9. The highest BCUT2D eigenvalue weighted by molar-refractivity contribution is 5.67. The van der Waals surface area contributed by atoms with Crippen LogP contribution in [0.5, 0.6) is 0 Å². The summed E-state index contributed by atoms with van der Waals surface area (Å²) >= 11 is 0. The number of aliphatic hydroxyl groups is 2. The molecule has 0 saturated carbocycles. The van der Waals surface area contributed by atoms with E-state index in [2.05, 4.69) is 10.6 Å². The number of carbonyl (C=O) groups is 1. The minimum Gasteiger partial charge on any atom is -0.445 e. The third-order valence-electron chi connectivity index (χ3n) is 3.99. The van der Waals surface area contributed by atoms with E-state index in [0.717, 1.165) is 17.7 Å². The van der Waals surface area contributed by atoms with Gasteiger partial charge in [-0.05, 0) is 30.2 Å². The van der Waals surface area contributed by atoms with Gasteiger partial charge >= 0.3 is 6.09 Å². The third-order valence-corrected chi connectivity index (χ3v) is 3.99. The van der Waals surface area contributed by atoms with Crippen LogP contribution in [0.2, 0.25) is 0 Å². The van der Waals surface area contributed by atoms with Crippen LogP contribution in [-0.2, 0) is 17.9 Å². The molecule has 2 rings (SSSR count). The van der Waals surface area contributed by atoms with Gasteiger partial charge in [0, 0.05) is 13.1 Å². The normalized spacial score (nSPS) is 13.0. The van der Waals surface area contributed by atoms with Crippen molar-refractivity contribution in [2.75, 3.05) is 13.6 Å². The molecular formula is C20H26N2O4. The Morgan fingerprint density at radius 2 is 1.73 bits per heavy atom. The number of amides is 1. The van der Waals surface area contributed by atoms with E-state index in [-0.39, 0.29) is 19.6 Å². The first kappa shape index (κ1) is 19.9. The molecule has 0 aliphatic heterocycles. The molecule has 0 aliphatic carbocycles. The fraction of sp³-hybridized carbons (Fsp3) is 0.350. The molecule has 6 nitrogen and oxygen atoms in total. The van der Waals surface area contributed by atoms with Gasteiger partial charge in [0.2, 0.25) is 0 Å². The van der Waals surface area contributed by atoms with Gasteiger partial charge in [-0.3, -0.25) is 0 Å². The number of hydrogen-bond donors (Lipinski definition) is 4. The van der Waals surface area contributed by atoms with Crippen molar-refractivity contribution in [3.05, 3.63) is 71.3 Å². The van der Waals surface area contributed by atoms with Gasteiger partial charge in [0.05, 0.1) is 6.10 Å². The van der Waals surface area contributed by atoms with Gasteiger partial charge in [-0.2, -0.15) is 0 Å². The van der Waals surface area contributed by atoms with Crippen molar-refractivity contribution in [1.82, 2.24) is 10.6 Å². The molecule has 26 heavy (non-hydrogen) atoms. The quantitative estimate of drug-likeness (QED) is 0.551. The van der Waals surface area contributed by atoms with Gasteiger partial charge < -0.3 is 25.6 Å². The standard InChI is InChI=1S/C20H26N2O4/c1-21-13-15-7-9-17(10-8-15)19(24)18(23)11-12-22-20(25)26-14-16-5-3-2-4-6-16/h2-10,18-19,21,23-24H,11-14H2,1H3,(H,22,25). The van der Waals surface area contributed by atoms with Gasteiger partial charge in [0.1, 0.15) is 12.7 Å². The van der Waals surface area contributed by atoms with Crippen LogP contribution in [0.25, 0.3) is 0 Å². The van der Waals surface area contributed by atoms with Crippen LogP contribution in [-0.4, -0.2) is 36.0 Å². The first-order valence-corrected chi connectivity index (χ1v) is 8.64. The average Bonchev–Trinajstić information content (AvgIpc) is 2.67. The molecule has 0 bridgehead atoms. The lowest BCUT2D eigenvalue weighted by molar-refractivity contribution is 0.0136. The predicted molar refractivity (Wildman–Crippen MR) is 99.4 cm³/mol. The second-order valence-electron chi connectivity index (χ2n) is 6.06. The van der Waals surface area contributed by atoms with E-state index in [4.69, 9.17) is 4.74 Å². The van der Waals surface area contributed by atoms with Crippen molar-refractivity contribution in [3.63, 3.8) is 0 Å². The Morgan fingerprint density at radius 3 is 2.38 bits per heavy atom. The number of alkyl carbamates (subject to hydrolysis) is 1. The summed E-state index contributed by atoms with van der Waals surface area (Å²) in [6.45, 7) is 1.15. The molecule has 140 valence electrons. The third kappa shape index (κ3) is 6.48. The lowest BCUT2D eigenvalue weighted by Crippen LogP contribution is -2.29. The Hall–Kier alpha value is -2.41. The molecule has 2 unspecified atom stereocenters. The molecule has 0 aromatic heterocycles. The maximum absolute atomic E-state index is 11.7. The fourth-order valence-corrected chi connectivity index (χ4v) is 2.51. The van der Waals surface area contributed by atoms with Crippen molar-refractivity contribution < 1.29 is 19.7 Å². The van der Waals surface area contributed by atoms with Gasteiger partial charge in [0.15, 0.2) is 0 Å². The summed E-state index contributed by atoms with van der Waals surface area (Å²) < 4.78 is 5.09. The van der Waals surface area contributed by atoms with E-state index in [1.807, 2.05) is 49.5 Å². The molecular weight excluding hydrogens is 332 g/mol. The number of hydrogen-bond acceptors (Lipinski definition) is 5. The molecule has 0 saturated heterocycles. The molecule has 1 amide bonds. The zero-order chi connectivity index (χ0) is 18.8. The molecule has 2 aromatic rings. The predicted octanol–water partition coefficient (Wildman–Crippen LogP) is 2.12. The topological polar surface area (TPSA) is 90.8 Å². The van der Waals surface area contributed by atoms with Crippen molar-refractivity contribution in [1.29, 1.82) is 0 Å². The highest BCUT2D eigenvalue weighted by Crippen LogP contribution is 2.19. The fourth-order valence-electron chi connectivity index (χ4n) is 2.51. The second-order valence-corrected chi connectivity index (χ2v) is 6.06. The average molecular weight is 358 g/mol. The highest BCUT2D eigenvalue weighted by Gasteiger charge is 2.18. The summed E-state index contributed by atoms with van der Waals surface area (Å²) in [6.07, 6.45) is -2.30. The van der Waals surface area contributed by atoms with E-state index in [1.165, 1.54) is 0 Å². The molecule has 2 aromatic carbocycles. The van der Waals surface area contributed by atoms with E-state index < -0.39 is 18.3 Å². The van der Waals surface area contributed by atoms with Crippen molar-refractivity contribution in [2.24, 2.45) is 0 Å². The van der Waals surface area contributed by atoms with Crippen LogP contribution < -0.4 is 10.6 Å². The Balaban J connectivity index is 1.70. The van der Waals surface area contributed by atoms with E-state index in [0.29, 0.717) is 5.56 Å². The van der Waals surface area contributed by atoms with Crippen molar-refractivity contribution in [3.8, 4) is 0 Å². The summed E-state index contributed by atoms with van der Waals surface area (Å²) in [5.74, 6) is 0. The van der Waals surface area contributed by atoms with Crippen LogP contribution in [0, 0.1) is 0 Å². The van der Waals surface area contributed by atoms with Gasteiger partial charge in [0.25, 0.3) is 0 Å². The minimum atomic E-state index is -0.999. The zero-order valence-corrected chi connectivity index (χ0v) is 14.9. The number of carbonyl (C=O) groups excluding carboxylic acids is 1. The Morgan fingerprint density at radius 1 is 1.04 bits per heavy atom. The second kappa shape index (κ2) is 10.6. The Labute approximate surface area is 153 Å². The summed E-state index contributed by atoms with van der Waals surface area (Å²) in [5.41, 5.74) is 2.64. The lowest BCUT2D eigenvalue weighted by Gasteiger charge is -2.18. The Bertz CT molecular complexity index is 661. The number of aliphatic hydroxyl groups excluding tert-OH is 2. The van der Waals surface area contributed by atoms with Crippen LogP contribution in [0.15, 0.2) is 54.6 Å². The number of nitrogens with one attached hydrogen (secondary N) is 2. The summed E-state index contributed by atoms with van der Waals surface area (Å²) in [4.78, 5) is 11.7. The SMILES string of the molecule is CNCc1ccc(C(O)C(O)CCNC(=O)OCc2ccccc2)cc1. The van der Waals surface area contributed by atoms with Crippen LogP contribution in [0.1, 0.15) is 29.2 Å². The van der Waals surface area contributed by atoms with Crippen LogP contribution >= 0.6 is 0 Å². The minimum absolute atomic E-state index is 0.191. The summed E-state index contributed by atoms with van der Waals surface area (Å²) in [7, 11) is 1.87. The van der Waals surface area contributed by atoms with E-state index in [9.17, 15) is 15.0 Å². The zero-order valence-electron chi connectivity index (χ0n) is 14.9. The molecule has 2 atom stereocenters. The van der Waals surface area contributed by atoms with Crippen molar-refractivity contribution in [2.45, 2.75) is 31.8 Å². The molecule has 0 radical (unpaired) electrons. The highest BCUT2D eigenvalue weighted by atomic mass is 16.5. The monoisotopic (exact) mass is 358 g/mol. The number of ether oxygens (including phenoxy) is 1.